The van der Waals surface area contributed by atoms with Gasteiger partial charge in [-0.05, 0) is 60.2 Å². The van der Waals surface area contributed by atoms with Crippen LogP contribution in [0.5, 0.6) is 11.5 Å². The van der Waals surface area contributed by atoms with E-state index in [1.807, 2.05) is 12.1 Å². The monoisotopic (exact) mass is 461 g/mol. The number of ether oxygens (including phenoxy) is 4. The summed E-state index contributed by atoms with van der Waals surface area (Å²) < 4.78 is 20.6. The van der Waals surface area contributed by atoms with Gasteiger partial charge in [0.2, 0.25) is 0 Å². The molecule has 9 heteroatoms. The van der Waals surface area contributed by atoms with Gasteiger partial charge in [0, 0.05) is 17.6 Å². The number of aliphatic hydroxyl groups excluding tert-OH is 1. The highest BCUT2D eigenvalue weighted by molar-refractivity contribution is 6.30. The molecule has 2 aromatic carbocycles. The highest BCUT2D eigenvalue weighted by atomic mass is 35.5. The number of hydrogen-bond acceptors (Lipinski definition) is 8. The largest absolute Gasteiger partial charge is 0.463 e. The second kappa shape index (κ2) is 8.97. The Morgan fingerprint density at radius 3 is 2.44 bits per heavy atom. The summed E-state index contributed by atoms with van der Waals surface area (Å²) in [4.78, 5) is 24.5. The zero-order valence-electron chi connectivity index (χ0n) is 17.7. The summed E-state index contributed by atoms with van der Waals surface area (Å²) in [6.07, 6.45) is 1.64. The topological polar surface area (TPSA) is 103 Å². The van der Waals surface area contributed by atoms with E-state index in [4.69, 9.17) is 30.5 Å². The molecule has 2 atom stereocenters. The van der Waals surface area contributed by atoms with Crippen molar-refractivity contribution in [3.63, 3.8) is 0 Å². The molecule has 32 heavy (non-hydrogen) atoms. The van der Waals surface area contributed by atoms with E-state index >= 15 is 0 Å². The number of rotatable bonds is 6. The predicted molar refractivity (Wildman–Crippen MR) is 115 cm³/mol. The van der Waals surface area contributed by atoms with Crippen LogP contribution >= 0.6 is 11.6 Å². The number of halogens is 1. The van der Waals surface area contributed by atoms with Crippen LogP contribution in [-0.2, 0) is 31.9 Å². The van der Waals surface area contributed by atoms with Crippen molar-refractivity contribution in [2.24, 2.45) is 0 Å². The van der Waals surface area contributed by atoms with Gasteiger partial charge in [-0.25, -0.2) is 9.59 Å². The van der Waals surface area contributed by atoms with Gasteiger partial charge in [0.1, 0.15) is 0 Å². The third kappa shape index (κ3) is 4.13. The molecular formula is C23H24ClNO7. The summed E-state index contributed by atoms with van der Waals surface area (Å²) in [5, 5.41) is 14.4. The number of fused-ring (bicyclic) bond motifs is 2. The Bertz CT molecular complexity index is 1030. The number of aryl methyl sites for hydroxylation is 1. The summed E-state index contributed by atoms with van der Waals surface area (Å²) in [5.74, 6) is -3.71. The molecule has 0 amide bonds. The maximum Gasteiger partial charge on any atom is 0.453 e. The van der Waals surface area contributed by atoms with Gasteiger partial charge < -0.3 is 29.4 Å². The van der Waals surface area contributed by atoms with Gasteiger partial charge in [-0.15, -0.1) is 0 Å². The fourth-order valence-corrected chi connectivity index (χ4v) is 4.26. The average molecular weight is 462 g/mol. The summed E-state index contributed by atoms with van der Waals surface area (Å²) in [5.41, 5.74) is 2.82. The van der Waals surface area contributed by atoms with E-state index in [1.165, 1.54) is 0 Å². The third-order valence-electron chi connectivity index (χ3n) is 5.74. The molecule has 2 N–H and O–H groups in total. The van der Waals surface area contributed by atoms with Crippen LogP contribution in [0.25, 0.3) is 0 Å². The third-order valence-corrected chi connectivity index (χ3v) is 5.98. The number of nitrogens with one attached hydrogen (secondary N) is 1. The SMILES string of the molecule is COC(=O)C1(C(=O)OC)Oc2cc3c(cc2O1)C[C@H](NC[C@@H](O)c1cccc(Cl)c1)CC3. The highest BCUT2D eigenvalue weighted by Crippen LogP contribution is 2.43. The Morgan fingerprint density at radius 2 is 1.81 bits per heavy atom. The molecule has 170 valence electrons. The lowest BCUT2D eigenvalue weighted by Gasteiger charge is -2.27. The van der Waals surface area contributed by atoms with Crippen LogP contribution in [0.3, 0.4) is 0 Å². The van der Waals surface area contributed by atoms with Crippen LogP contribution < -0.4 is 14.8 Å². The van der Waals surface area contributed by atoms with Crippen LogP contribution in [0, 0.1) is 0 Å². The normalized spacial score (nSPS) is 19.1. The predicted octanol–water partition coefficient (Wildman–Crippen LogP) is 2.33. The van der Waals surface area contributed by atoms with E-state index in [1.54, 1.807) is 24.3 Å². The average Bonchev–Trinajstić information content (AvgIpc) is 3.19. The van der Waals surface area contributed by atoms with Crippen LogP contribution in [0.1, 0.15) is 29.2 Å². The fraction of sp³-hybridized carbons (Fsp3) is 0.391. The Morgan fingerprint density at radius 1 is 1.16 bits per heavy atom. The molecule has 0 saturated heterocycles. The van der Waals surface area contributed by atoms with Crippen molar-refractivity contribution in [3.05, 3.63) is 58.1 Å². The summed E-state index contributed by atoms with van der Waals surface area (Å²) >= 11 is 6.01. The standard InChI is InChI=1S/C23H24ClNO7/c1-29-21(27)23(22(28)30-2)31-19-10-13-6-7-17(9-15(13)11-20(19)32-23)25-12-18(26)14-4-3-5-16(24)8-14/h3-5,8,10-11,17-18,25-26H,6-7,9,12H2,1-2H3/t17-,18-/m1/s1. The second-order valence-corrected chi connectivity index (χ2v) is 8.23. The molecule has 1 aliphatic carbocycles. The smallest absolute Gasteiger partial charge is 0.453 e. The first-order valence-electron chi connectivity index (χ1n) is 10.2. The fourth-order valence-electron chi connectivity index (χ4n) is 4.06. The lowest BCUT2D eigenvalue weighted by molar-refractivity contribution is -0.199. The van der Waals surface area contributed by atoms with Crippen molar-refractivity contribution in [2.75, 3.05) is 20.8 Å². The van der Waals surface area contributed by atoms with Crippen LogP contribution in [0.4, 0.5) is 0 Å². The Labute approximate surface area is 190 Å². The molecule has 1 aliphatic heterocycles. The van der Waals surface area contributed by atoms with Crippen molar-refractivity contribution in [2.45, 2.75) is 37.2 Å². The van der Waals surface area contributed by atoms with Crippen molar-refractivity contribution >= 4 is 23.5 Å². The van der Waals surface area contributed by atoms with E-state index in [9.17, 15) is 14.7 Å². The van der Waals surface area contributed by atoms with Crippen molar-refractivity contribution in [1.82, 2.24) is 5.32 Å². The van der Waals surface area contributed by atoms with E-state index in [0.29, 0.717) is 23.7 Å². The molecule has 2 aromatic rings. The van der Waals surface area contributed by atoms with Crippen LogP contribution in [0.2, 0.25) is 5.02 Å². The second-order valence-electron chi connectivity index (χ2n) is 7.79. The molecule has 0 unspecified atom stereocenters. The van der Waals surface area contributed by atoms with Gasteiger partial charge in [-0.2, -0.15) is 0 Å². The first-order valence-corrected chi connectivity index (χ1v) is 10.6. The molecule has 8 nitrogen and oxygen atoms in total. The summed E-state index contributed by atoms with van der Waals surface area (Å²) in [7, 11) is 2.28. The Kier molecular flexibility index (Phi) is 6.28. The van der Waals surface area contributed by atoms with E-state index in [2.05, 4.69) is 5.32 Å². The van der Waals surface area contributed by atoms with E-state index in [-0.39, 0.29) is 11.8 Å². The van der Waals surface area contributed by atoms with Gasteiger partial charge in [0.25, 0.3) is 0 Å². The summed E-state index contributed by atoms with van der Waals surface area (Å²) in [6.45, 7) is 0.388. The number of hydrogen-bond donors (Lipinski definition) is 2. The van der Waals surface area contributed by atoms with Gasteiger partial charge in [0.05, 0.1) is 20.3 Å². The molecule has 0 spiro atoms. The summed E-state index contributed by atoms with van der Waals surface area (Å²) in [6, 6.07) is 10.9. The number of carbonyl (C=O) groups excluding carboxylic acids is 2. The molecule has 0 fully saturated rings. The quantitative estimate of drug-likeness (QED) is 0.499. The zero-order valence-corrected chi connectivity index (χ0v) is 18.5. The Balaban J connectivity index is 1.46. The van der Waals surface area contributed by atoms with Crippen molar-refractivity contribution in [3.8, 4) is 11.5 Å². The van der Waals surface area contributed by atoms with Gasteiger partial charge >= 0.3 is 17.7 Å². The lowest BCUT2D eigenvalue weighted by atomic mass is 9.87. The number of esters is 2. The molecule has 4 rings (SSSR count). The van der Waals surface area contributed by atoms with Gasteiger partial charge in [-0.3, -0.25) is 0 Å². The number of aliphatic hydroxyl groups is 1. The maximum absolute atomic E-state index is 12.3. The molecule has 0 bridgehead atoms. The molecule has 0 aromatic heterocycles. The lowest BCUT2D eigenvalue weighted by Crippen LogP contribution is -2.55. The number of benzene rings is 2. The molecule has 2 aliphatic rings. The van der Waals surface area contributed by atoms with Gasteiger partial charge in [-0.1, -0.05) is 23.7 Å². The number of methoxy groups -OCH3 is 2. The van der Waals surface area contributed by atoms with Gasteiger partial charge in [0.15, 0.2) is 11.5 Å². The molecule has 0 saturated carbocycles. The minimum absolute atomic E-state index is 0.141. The van der Waals surface area contributed by atoms with E-state index < -0.39 is 23.8 Å². The van der Waals surface area contributed by atoms with E-state index in [0.717, 1.165) is 43.8 Å². The minimum atomic E-state index is -2.30. The molecular weight excluding hydrogens is 438 g/mol. The first-order chi connectivity index (χ1) is 15.4. The minimum Gasteiger partial charge on any atom is -0.463 e. The number of carbonyl (C=O) groups is 2. The highest BCUT2D eigenvalue weighted by Gasteiger charge is 2.59. The van der Waals surface area contributed by atoms with Crippen LogP contribution in [-0.4, -0.2) is 49.6 Å². The van der Waals surface area contributed by atoms with Crippen LogP contribution in [0.15, 0.2) is 36.4 Å². The maximum atomic E-state index is 12.3. The zero-order chi connectivity index (χ0) is 22.9. The molecule has 0 radical (unpaired) electrons. The van der Waals surface area contributed by atoms with Crippen molar-refractivity contribution in [1.29, 1.82) is 0 Å². The molecule has 1 heterocycles. The Hall–Kier alpha value is -2.81. The van der Waals surface area contributed by atoms with Crippen molar-refractivity contribution < 1.29 is 33.6 Å². The first kappa shape index (κ1) is 22.4.